The summed E-state index contributed by atoms with van der Waals surface area (Å²) in [5.41, 5.74) is 6.38. The number of piperazine rings is 1. The van der Waals surface area contributed by atoms with E-state index in [2.05, 4.69) is 10.3 Å². The molecule has 29 heavy (non-hydrogen) atoms. The van der Waals surface area contributed by atoms with Crippen LogP contribution in [0.4, 0.5) is 22.9 Å². The zero-order valence-corrected chi connectivity index (χ0v) is 16.5. The number of aromatic nitrogens is 1. The van der Waals surface area contributed by atoms with Crippen LogP contribution in [0.2, 0.25) is 0 Å². The molecular weight excluding hydrogens is 400 g/mol. The van der Waals surface area contributed by atoms with Crippen molar-refractivity contribution in [3.05, 3.63) is 52.2 Å². The fourth-order valence-corrected chi connectivity index (χ4v) is 3.02. The lowest BCUT2D eigenvalue weighted by molar-refractivity contribution is -0.384. The molecule has 1 aliphatic heterocycles. The second kappa shape index (κ2) is 9.20. The molecule has 2 aromatic rings. The number of nitro benzene ring substituents is 1. The Morgan fingerprint density at radius 3 is 2.41 bits per heavy atom. The van der Waals surface area contributed by atoms with E-state index in [1.165, 1.54) is 19.2 Å². The number of nitro groups is 1. The summed E-state index contributed by atoms with van der Waals surface area (Å²) in [4.78, 5) is 42.4. The maximum absolute atomic E-state index is 12.4. The molecule has 0 radical (unpaired) electrons. The van der Waals surface area contributed by atoms with Gasteiger partial charge in [0, 0.05) is 44.7 Å². The summed E-state index contributed by atoms with van der Waals surface area (Å²) in [6.07, 6.45) is 1.41. The highest BCUT2D eigenvalue weighted by molar-refractivity contribution is 6.05. The Morgan fingerprint density at radius 2 is 1.86 bits per heavy atom. The molecular formula is C18H21ClN6O4. The fourth-order valence-electron chi connectivity index (χ4n) is 3.02. The molecule has 10 nitrogen and oxygen atoms in total. The smallest absolute Gasteiger partial charge is 0.293 e. The van der Waals surface area contributed by atoms with Gasteiger partial charge in [0.25, 0.3) is 11.6 Å². The monoisotopic (exact) mass is 420 g/mol. The van der Waals surface area contributed by atoms with Crippen LogP contribution in [-0.4, -0.2) is 52.8 Å². The Balaban J connectivity index is 0.00000300. The van der Waals surface area contributed by atoms with Crippen LogP contribution < -0.4 is 16.0 Å². The van der Waals surface area contributed by atoms with Gasteiger partial charge >= 0.3 is 0 Å². The van der Waals surface area contributed by atoms with Gasteiger partial charge in [0.1, 0.15) is 11.5 Å². The molecule has 0 unspecified atom stereocenters. The van der Waals surface area contributed by atoms with Gasteiger partial charge in [-0.1, -0.05) is 0 Å². The summed E-state index contributed by atoms with van der Waals surface area (Å²) in [7, 11) is 0. The van der Waals surface area contributed by atoms with Crippen molar-refractivity contribution in [1.29, 1.82) is 0 Å². The number of nitrogens with one attached hydrogen (secondary N) is 1. The van der Waals surface area contributed by atoms with Crippen LogP contribution in [0.5, 0.6) is 0 Å². The van der Waals surface area contributed by atoms with Gasteiger partial charge in [-0.3, -0.25) is 19.7 Å². The summed E-state index contributed by atoms with van der Waals surface area (Å²) >= 11 is 0. The van der Waals surface area contributed by atoms with E-state index in [4.69, 9.17) is 5.73 Å². The first kappa shape index (κ1) is 21.9. The van der Waals surface area contributed by atoms with Crippen molar-refractivity contribution in [2.24, 2.45) is 0 Å². The van der Waals surface area contributed by atoms with E-state index in [1.54, 1.807) is 29.2 Å². The van der Waals surface area contributed by atoms with Gasteiger partial charge in [-0.05, 0) is 24.3 Å². The molecule has 0 saturated carbocycles. The normalized spacial score (nSPS) is 13.4. The van der Waals surface area contributed by atoms with E-state index in [1.807, 2.05) is 4.90 Å². The van der Waals surface area contributed by atoms with Crippen molar-refractivity contribution >= 4 is 47.1 Å². The lowest BCUT2D eigenvalue weighted by Crippen LogP contribution is -2.48. The van der Waals surface area contributed by atoms with Gasteiger partial charge in [-0.15, -0.1) is 12.4 Å². The van der Waals surface area contributed by atoms with Crippen LogP contribution in [0, 0.1) is 10.1 Å². The van der Waals surface area contributed by atoms with Crippen LogP contribution in [-0.2, 0) is 4.79 Å². The molecule has 2 amide bonds. The summed E-state index contributed by atoms with van der Waals surface area (Å²) in [5.74, 6) is -0.177. The van der Waals surface area contributed by atoms with Crippen LogP contribution in [0.15, 0.2) is 36.5 Å². The topological polar surface area (TPSA) is 135 Å². The quantitative estimate of drug-likeness (QED) is 0.569. The minimum atomic E-state index is -0.506. The van der Waals surface area contributed by atoms with E-state index < -0.39 is 10.8 Å². The van der Waals surface area contributed by atoms with Crippen molar-refractivity contribution < 1.29 is 14.5 Å². The predicted molar refractivity (Wildman–Crippen MR) is 111 cm³/mol. The van der Waals surface area contributed by atoms with E-state index in [-0.39, 0.29) is 29.6 Å². The van der Waals surface area contributed by atoms with Crippen LogP contribution in [0.25, 0.3) is 0 Å². The number of carbonyl (C=O) groups excluding carboxylic acids is 2. The summed E-state index contributed by atoms with van der Waals surface area (Å²) in [6.45, 7) is 3.48. The zero-order chi connectivity index (χ0) is 20.3. The SMILES string of the molecule is CC(=O)N1CCN(c2ccc(C(=O)Nc3ccc(N)nc3)cc2[N+](=O)[O-])CC1.Cl. The first-order valence-corrected chi connectivity index (χ1v) is 8.67. The molecule has 154 valence electrons. The number of carbonyl (C=O) groups is 2. The molecule has 0 aliphatic carbocycles. The molecule has 1 fully saturated rings. The number of hydrogen-bond donors (Lipinski definition) is 2. The minimum absolute atomic E-state index is 0. The number of anilines is 3. The van der Waals surface area contributed by atoms with Crippen LogP contribution in [0.3, 0.4) is 0 Å². The van der Waals surface area contributed by atoms with Crippen molar-refractivity contribution in [2.75, 3.05) is 42.1 Å². The molecule has 1 aliphatic rings. The third-order valence-electron chi connectivity index (χ3n) is 4.54. The molecule has 1 aromatic carbocycles. The molecule has 1 aromatic heterocycles. The van der Waals surface area contributed by atoms with Crippen molar-refractivity contribution in [3.63, 3.8) is 0 Å². The van der Waals surface area contributed by atoms with Gasteiger partial charge in [-0.25, -0.2) is 4.98 Å². The van der Waals surface area contributed by atoms with Crippen molar-refractivity contribution in [1.82, 2.24) is 9.88 Å². The summed E-state index contributed by atoms with van der Waals surface area (Å²) < 4.78 is 0. The number of nitrogen functional groups attached to an aromatic ring is 1. The number of benzene rings is 1. The number of nitrogens with zero attached hydrogens (tertiary/aromatic N) is 4. The molecule has 1 saturated heterocycles. The summed E-state index contributed by atoms with van der Waals surface area (Å²) in [6, 6.07) is 7.50. The van der Waals surface area contributed by atoms with E-state index in [0.29, 0.717) is 43.4 Å². The Bertz CT molecular complexity index is 913. The predicted octanol–water partition coefficient (Wildman–Crippen LogP) is 1.91. The van der Waals surface area contributed by atoms with Gasteiger partial charge < -0.3 is 20.9 Å². The Kier molecular flexibility index (Phi) is 6.94. The number of pyridine rings is 1. The molecule has 0 atom stereocenters. The molecule has 3 rings (SSSR count). The average molecular weight is 421 g/mol. The number of rotatable bonds is 4. The van der Waals surface area contributed by atoms with Crippen LogP contribution >= 0.6 is 12.4 Å². The van der Waals surface area contributed by atoms with Crippen molar-refractivity contribution in [2.45, 2.75) is 6.92 Å². The van der Waals surface area contributed by atoms with Gasteiger partial charge in [-0.2, -0.15) is 0 Å². The average Bonchev–Trinajstić information content (AvgIpc) is 2.69. The second-order valence-corrected chi connectivity index (χ2v) is 6.38. The number of hydrogen-bond acceptors (Lipinski definition) is 7. The third-order valence-corrected chi connectivity index (χ3v) is 4.54. The Labute approximate surface area is 173 Å². The van der Waals surface area contributed by atoms with Gasteiger partial charge in [0.2, 0.25) is 5.91 Å². The maximum Gasteiger partial charge on any atom is 0.293 e. The lowest BCUT2D eigenvalue weighted by Gasteiger charge is -2.35. The largest absolute Gasteiger partial charge is 0.384 e. The second-order valence-electron chi connectivity index (χ2n) is 6.38. The molecule has 0 bridgehead atoms. The molecule has 3 N–H and O–H groups in total. The first-order valence-electron chi connectivity index (χ1n) is 8.67. The molecule has 11 heteroatoms. The third kappa shape index (κ3) is 5.11. The van der Waals surface area contributed by atoms with Crippen molar-refractivity contribution in [3.8, 4) is 0 Å². The highest BCUT2D eigenvalue weighted by atomic mass is 35.5. The fraction of sp³-hybridized carbons (Fsp3) is 0.278. The minimum Gasteiger partial charge on any atom is -0.384 e. The highest BCUT2D eigenvalue weighted by Crippen LogP contribution is 2.30. The lowest BCUT2D eigenvalue weighted by atomic mass is 10.1. The zero-order valence-electron chi connectivity index (χ0n) is 15.7. The van der Waals surface area contributed by atoms with Crippen LogP contribution in [0.1, 0.15) is 17.3 Å². The van der Waals surface area contributed by atoms with Gasteiger partial charge in [0.15, 0.2) is 0 Å². The first-order chi connectivity index (χ1) is 13.3. The Hall–Kier alpha value is -3.40. The van der Waals surface area contributed by atoms with E-state index in [0.717, 1.165) is 0 Å². The molecule has 2 heterocycles. The summed E-state index contributed by atoms with van der Waals surface area (Å²) in [5, 5.41) is 14.2. The van der Waals surface area contributed by atoms with Gasteiger partial charge in [0.05, 0.1) is 16.8 Å². The maximum atomic E-state index is 12.4. The van der Waals surface area contributed by atoms with E-state index in [9.17, 15) is 19.7 Å². The standard InChI is InChI=1S/C18H20N6O4.ClH/c1-12(25)22-6-8-23(9-7-22)15-4-2-13(10-16(15)24(27)28)18(26)21-14-3-5-17(19)20-11-14;/h2-5,10-11H,6-9H2,1H3,(H2,19,20)(H,21,26);1H. The number of amides is 2. The number of nitrogens with two attached hydrogens (primary N) is 1. The number of halogens is 1. The highest BCUT2D eigenvalue weighted by Gasteiger charge is 2.25. The van der Waals surface area contributed by atoms with E-state index >= 15 is 0 Å². The molecule has 0 spiro atoms. The Morgan fingerprint density at radius 1 is 1.17 bits per heavy atom.